The number of nitrogens with zero attached hydrogens (tertiary/aromatic N) is 3. The summed E-state index contributed by atoms with van der Waals surface area (Å²) in [6.07, 6.45) is 0. The number of methoxy groups -OCH3 is 1. The third-order valence-electron chi connectivity index (χ3n) is 4.39. The lowest BCUT2D eigenvalue weighted by Crippen LogP contribution is -2.20. The van der Waals surface area contributed by atoms with Gasteiger partial charge in [-0.2, -0.15) is 4.80 Å². The van der Waals surface area contributed by atoms with Crippen molar-refractivity contribution >= 4 is 34.2 Å². The monoisotopic (exact) mass is 422 g/mol. The zero-order chi connectivity index (χ0) is 21.1. The number of ether oxygens (including phenoxy) is 2. The Kier molecular flexibility index (Phi) is 5.54. The van der Waals surface area contributed by atoms with Gasteiger partial charge >= 0.3 is 0 Å². The van der Waals surface area contributed by atoms with Crippen LogP contribution in [0.5, 0.6) is 11.5 Å². The predicted octanol–water partition coefficient (Wildman–Crippen LogP) is 4.41. The first-order valence-corrected chi connectivity index (χ1v) is 9.60. The Morgan fingerprint density at radius 1 is 1.07 bits per heavy atom. The van der Waals surface area contributed by atoms with Gasteiger partial charge in [0.1, 0.15) is 22.5 Å². The topological polar surface area (TPSA) is 78.3 Å². The summed E-state index contributed by atoms with van der Waals surface area (Å²) in [6.45, 7) is 1.88. The van der Waals surface area contributed by atoms with Crippen molar-refractivity contribution in [3.05, 3.63) is 71.2 Å². The fraction of sp³-hybridized carbons (Fsp3) is 0.136. The molecule has 4 aromatic rings. The van der Waals surface area contributed by atoms with E-state index in [9.17, 15) is 4.79 Å². The van der Waals surface area contributed by atoms with Gasteiger partial charge in [0.05, 0.1) is 17.8 Å². The molecule has 0 spiro atoms. The van der Waals surface area contributed by atoms with E-state index in [1.165, 1.54) is 4.80 Å². The molecule has 3 aromatic carbocycles. The van der Waals surface area contributed by atoms with Crippen molar-refractivity contribution < 1.29 is 14.3 Å². The number of benzene rings is 3. The molecule has 1 aromatic heterocycles. The highest BCUT2D eigenvalue weighted by Crippen LogP contribution is 2.26. The second-order valence-electron chi connectivity index (χ2n) is 6.67. The van der Waals surface area contributed by atoms with Gasteiger partial charge in [0.25, 0.3) is 5.91 Å². The smallest absolute Gasteiger partial charge is 0.262 e. The SMILES string of the molecule is COc1ccc(-n2nc3ccc(NC(=O)COc4cccc(C)c4)cc3n2)cc1Cl. The molecule has 0 bridgehead atoms. The predicted molar refractivity (Wildman–Crippen MR) is 116 cm³/mol. The largest absolute Gasteiger partial charge is 0.495 e. The van der Waals surface area contributed by atoms with Crippen LogP contribution in [0.2, 0.25) is 5.02 Å². The molecule has 0 aliphatic carbocycles. The van der Waals surface area contributed by atoms with Crippen LogP contribution < -0.4 is 14.8 Å². The number of aryl methyl sites for hydroxylation is 1. The molecule has 7 nitrogen and oxygen atoms in total. The first kappa shape index (κ1) is 19.7. The summed E-state index contributed by atoms with van der Waals surface area (Å²) < 4.78 is 10.7. The molecule has 0 aliphatic heterocycles. The third-order valence-corrected chi connectivity index (χ3v) is 4.69. The highest BCUT2D eigenvalue weighted by atomic mass is 35.5. The van der Waals surface area contributed by atoms with Gasteiger partial charge in [-0.15, -0.1) is 10.2 Å². The Hall–Kier alpha value is -3.58. The number of anilines is 1. The molecule has 1 N–H and O–H groups in total. The molecule has 0 radical (unpaired) electrons. The van der Waals surface area contributed by atoms with Crippen LogP contribution in [-0.4, -0.2) is 34.6 Å². The summed E-state index contributed by atoms with van der Waals surface area (Å²) in [6, 6.07) is 18.2. The van der Waals surface area contributed by atoms with Gasteiger partial charge in [-0.3, -0.25) is 4.79 Å². The number of amides is 1. The van der Waals surface area contributed by atoms with Gasteiger partial charge in [0, 0.05) is 5.69 Å². The van der Waals surface area contributed by atoms with Gasteiger partial charge in [-0.1, -0.05) is 23.7 Å². The normalized spacial score (nSPS) is 10.8. The van der Waals surface area contributed by atoms with E-state index >= 15 is 0 Å². The van der Waals surface area contributed by atoms with Crippen molar-refractivity contribution in [2.45, 2.75) is 6.92 Å². The number of carbonyl (C=O) groups is 1. The van der Waals surface area contributed by atoms with Crippen LogP contribution in [0.25, 0.3) is 16.7 Å². The third kappa shape index (κ3) is 4.36. The molecule has 0 fully saturated rings. The Labute approximate surface area is 178 Å². The molecule has 1 amide bonds. The zero-order valence-corrected chi connectivity index (χ0v) is 17.2. The Morgan fingerprint density at radius 3 is 2.67 bits per heavy atom. The summed E-state index contributed by atoms with van der Waals surface area (Å²) in [5, 5.41) is 12.2. The number of hydrogen-bond acceptors (Lipinski definition) is 5. The minimum atomic E-state index is -0.259. The maximum atomic E-state index is 12.2. The van der Waals surface area contributed by atoms with Crippen molar-refractivity contribution in [3.63, 3.8) is 0 Å². The number of fused-ring (bicyclic) bond motifs is 1. The zero-order valence-electron chi connectivity index (χ0n) is 16.4. The van der Waals surface area contributed by atoms with Crippen LogP contribution in [0, 0.1) is 6.92 Å². The van der Waals surface area contributed by atoms with E-state index in [0.29, 0.717) is 38.9 Å². The molecule has 0 unspecified atom stereocenters. The summed E-state index contributed by atoms with van der Waals surface area (Å²) in [7, 11) is 1.56. The minimum Gasteiger partial charge on any atom is -0.495 e. The van der Waals surface area contributed by atoms with Crippen LogP contribution in [0.3, 0.4) is 0 Å². The molecule has 0 saturated heterocycles. The number of hydrogen-bond donors (Lipinski definition) is 1. The van der Waals surface area contributed by atoms with Crippen molar-refractivity contribution in [3.8, 4) is 17.2 Å². The van der Waals surface area contributed by atoms with Crippen molar-refractivity contribution in [2.75, 3.05) is 19.0 Å². The summed E-state index contributed by atoms with van der Waals surface area (Å²) >= 11 is 6.19. The fourth-order valence-corrected chi connectivity index (χ4v) is 3.19. The number of rotatable bonds is 6. The van der Waals surface area contributed by atoms with Gasteiger partial charge in [-0.05, 0) is 61.0 Å². The highest BCUT2D eigenvalue weighted by molar-refractivity contribution is 6.32. The van der Waals surface area contributed by atoms with Crippen molar-refractivity contribution in [1.82, 2.24) is 15.0 Å². The van der Waals surface area contributed by atoms with Gasteiger partial charge < -0.3 is 14.8 Å². The lowest BCUT2D eigenvalue weighted by atomic mass is 10.2. The highest BCUT2D eigenvalue weighted by Gasteiger charge is 2.10. The first-order chi connectivity index (χ1) is 14.5. The molecule has 4 rings (SSSR count). The Bertz CT molecular complexity index is 1220. The maximum absolute atomic E-state index is 12.2. The van der Waals surface area contributed by atoms with E-state index < -0.39 is 0 Å². The van der Waals surface area contributed by atoms with Gasteiger partial charge in [0.2, 0.25) is 0 Å². The molecule has 1 heterocycles. The van der Waals surface area contributed by atoms with E-state index in [2.05, 4.69) is 15.5 Å². The van der Waals surface area contributed by atoms with Crippen LogP contribution in [0.4, 0.5) is 5.69 Å². The average molecular weight is 423 g/mol. The van der Waals surface area contributed by atoms with E-state index in [4.69, 9.17) is 21.1 Å². The second kappa shape index (κ2) is 8.42. The first-order valence-electron chi connectivity index (χ1n) is 9.22. The molecule has 152 valence electrons. The molecule has 0 aliphatic rings. The average Bonchev–Trinajstić information content (AvgIpc) is 3.16. The van der Waals surface area contributed by atoms with Gasteiger partial charge in [0.15, 0.2) is 6.61 Å². The van der Waals surface area contributed by atoms with Crippen LogP contribution in [0.1, 0.15) is 5.56 Å². The van der Waals surface area contributed by atoms with E-state index in [1.54, 1.807) is 37.4 Å². The lowest BCUT2D eigenvalue weighted by molar-refractivity contribution is -0.118. The summed E-state index contributed by atoms with van der Waals surface area (Å²) in [5.74, 6) is 0.974. The van der Waals surface area contributed by atoms with Crippen LogP contribution in [0.15, 0.2) is 60.7 Å². The fourth-order valence-electron chi connectivity index (χ4n) is 2.94. The van der Waals surface area contributed by atoms with Crippen molar-refractivity contribution in [2.24, 2.45) is 0 Å². The summed E-state index contributed by atoms with van der Waals surface area (Å²) in [5.41, 5.74) is 3.71. The quantitative estimate of drug-likeness (QED) is 0.498. The molecule has 0 saturated carbocycles. The van der Waals surface area contributed by atoms with Crippen LogP contribution in [-0.2, 0) is 4.79 Å². The number of halogens is 1. The molecular formula is C22H19ClN4O3. The van der Waals surface area contributed by atoms with Crippen molar-refractivity contribution in [1.29, 1.82) is 0 Å². The Morgan fingerprint density at radius 2 is 1.90 bits per heavy atom. The molecule has 0 atom stereocenters. The molecule has 30 heavy (non-hydrogen) atoms. The van der Waals surface area contributed by atoms with Gasteiger partial charge in [-0.25, -0.2) is 0 Å². The molecule has 8 heteroatoms. The number of nitrogens with one attached hydrogen (secondary N) is 1. The number of aromatic nitrogens is 3. The standard InChI is InChI=1S/C22H19ClN4O3/c1-14-4-3-5-17(10-14)30-13-22(28)24-15-6-8-19-20(11-15)26-27(25-19)16-7-9-21(29-2)18(23)12-16/h3-12H,13H2,1-2H3,(H,24,28). The minimum absolute atomic E-state index is 0.0848. The maximum Gasteiger partial charge on any atom is 0.262 e. The lowest BCUT2D eigenvalue weighted by Gasteiger charge is -2.08. The second-order valence-corrected chi connectivity index (χ2v) is 7.07. The van der Waals surface area contributed by atoms with Crippen LogP contribution >= 0.6 is 11.6 Å². The van der Waals surface area contributed by atoms with E-state index in [0.717, 1.165) is 5.56 Å². The van der Waals surface area contributed by atoms with E-state index in [-0.39, 0.29) is 12.5 Å². The Balaban J connectivity index is 1.47. The van der Waals surface area contributed by atoms with E-state index in [1.807, 2.05) is 37.3 Å². The summed E-state index contributed by atoms with van der Waals surface area (Å²) in [4.78, 5) is 13.7. The molecular weight excluding hydrogens is 404 g/mol. The number of carbonyl (C=O) groups excluding carboxylic acids is 1.